The van der Waals surface area contributed by atoms with Gasteiger partial charge in [0, 0.05) is 17.5 Å². The first-order valence-electron chi connectivity index (χ1n) is 8.40. The van der Waals surface area contributed by atoms with Crippen molar-refractivity contribution in [1.29, 1.82) is 0 Å². The molecule has 3 aromatic rings. The third kappa shape index (κ3) is 3.84. The summed E-state index contributed by atoms with van der Waals surface area (Å²) in [6.45, 7) is 7.82. The Bertz CT molecular complexity index is 1050. The van der Waals surface area contributed by atoms with E-state index in [4.69, 9.17) is 4.74 Å². The number of hydrogen-bond acceptors (Lipinski definition) is 6. The number of ether oxygens (including phenoxy) is 1. The van der Waals surface area contributed by atoms with Crippen molar-refractivity contribution in [2.24, 2.45) is 0 Å². The summed E-state index contributed by atoms with van der Waals surface area (Å²) in [5.74, 6) is -0.356. The van der Waals surface area contributed by atoms with Crippen LogP contribution in [-0.4, -0.2) is 27.9 Å². The van der Waals surface area contributed by atoms with Crippen molar-refractivity contribution in [1.82, 2.24) is 9.55 Å². The second-order valence-electron chi connectivity index (χ2n) is 6.08. The van der Waals surface area contributed by atoms with Gasteiger partial charge in [-0.25, -0.2) is 4.98 Å². The van der Waals surface area contributed by atoms with Gasteiger partial charge in [0.2, 0.25) is 0 Å². The zero-order chi connectivity index (χ0) is 19.6. The van der Waals surface area contributed by atoms with E-state index in [-0.39, 0.29) is 11.5 Å². The lowest BCUT2D eigenvalue weighted by Gasteiger charge is -2.13. The molecule has 0 amide bonds. The molecule has 0 aliphatic carbocycles. The minimum atomic E-state index is -0.466. The van der Waals surface area contributed by atoms with E-state index in [0.717, 1.165) is 16.7 Å². The monoisotopic (exact) mass is 400 g/mol. The number of thiophene rings is 1. The molecule has 0 fully saturated rings. The van der Waals surface area contributed by atoms with Crippen LogP contribution in [0.1, 0.15) is 12.5 Å². The van der Waals surface area contributed by atoms with Gasteiger partial charge in [-0.05, 0) is 19.4 Å². The van der Waals surface area contributed by atoms with E-state index < -0.39 is 5.25 Å². The van der Waals surface area contributed by atoms with Crippen molar-refractivity contribution in [2.45, 2.75) is 30.8 Å². The molecule has 140 valence electrons. The summed E-state index contributed by atoms with van der Waals surface area (Å²) in [6.07, 6.45) is 1.65. The summed E-state index contributed by atoms with van der Waals surface area (Å²) >= 11 is 2.64. The van der Waals surface area contributed by atoms with E-state index in [0.29, 0.717) is 21.9 Å². The van der Waals surface area contributed by atoms with Gasteiger partial charge in [0.1, 0.15) is 10.1 Å². The lowest BCUT2D eigenvalue weighted by molar-refractivity contribution is -0.139. The molecule has 1 aromatic carbocycles. The van der Waals surface area contributed by atoms with Crippen LogP contribution in [0.3, 0.4) is 0 Å². The number of rotatable bonds is 6. The number of aryl methyl sites for hydroxylation is 1. The third-order valence-corrected chi connectivity index (χ3v) is 6.09. The van der Waals surface area contributed by atoms with Gasteiger partial charge in [0.25, 0.3) is 5.56 Å². The highest BCUT2D eigenvalue weighted by atomic mass is 32.2. The molecular formula is C20H20N2O3S2. The minimum absolute atomic E-state index is 0.128. The van der Waals surface area contributed by atoms with E-state index in [9.17, 15) is 9.59 Å². The van der Waals surface area contributed by atoms with Crippen LogP contribution in [0.15, 0.2) is 52.3 Å². The van der Waals surface area contributed by atoms with E-state index in [1.807, 2.05) is 36.6 Å². The molecule has 1 atom stereocenters. The molecular weight excluding hydrogens is 380 g/mol. The lowest BCUT2D eigenvalue weighted by atomic mass is 10.1. The number of allylic oxidation sites excluding steroid dienone is 1. The Morgan fingerprint density at radius 3 is 2.74 bits per heavy atom. The number of carbonyl (C=O) groups excluding carboxylic acids is 1. The Morgan fingerprint density at radius 2 is 2.11 bits per heavy atom. The second-order valence-corrected chi connectivity index (χ2v) is 8.24. The Morgan fingerprint density at radius 1 is 1.41 bits per heavy atom. The molecule has 27 heavy (non-hydrogen) atoms. The molecule has 5 nitrogen and oxygen atoms in total. The standard InChI is InChI=1S/C20H20N2O3S2/c1-5-10-22-18(23)16-15(14-8-6-12(2)7-9-14)11-26-17(16)21-20(22)27-13(3)19(24)25-4/h5-9,11,13H,1,10H2,2-4H3. The van der Waals surface area contributed by atoms with E-state index in [1.54, 1.807) is 17.6 Å². The fourth-order valence-corrected chi connectivity index (χ4v) is 4.64. The molecule has 0 aliphatic heterocycles. The molecule has 2 aromatic heterocycles. The fourth-order valence-electron chi connectivity index (χ4n) is 2.70. The number of methoxy groups -OCH3 is 1. The first-order chi connectivity index (χ1) is 13.0. The normalized spacial score (nSPS) is 12.1. The summed E-state index contributed by atoms with van der Waals surface area (Å²) in [5, 5.41) is 2.58. The molecule has 7 heteroatoms. The van der Waals surface area contributed by atoms with Gasteiger partial charge in [-0.2, -0.15) is 0 Å². The van der Waals surface area contributed by atoms with Crippen LogP contribution in [0.25, 0.3) is 21.3 Å². The van der Waals surface area contributed by atoms with Crippen LogP contribution in [0.5, 0.6) is 0 Å². The van der Waals surface area contributed by atoms with Crippen molar-refractivity contribution in [3.63, 3.8) is 0 Å². The number of thioether (sulfide) groups is 1. The zero-order valence-corrected chi connectivity index (χ0v) is 17.0. The number of aromatic nitrogens is 2. The lowest BCUT2D eigenvalue weighted by Crippen LogP contribution is -2.24. The number of benzene rings is 1. The van der Waals surface area contributed by atoms with Crippen LogP contribution in [-0.2, 0) is 16.1 Å². The maximum Gasteiger partial charge on any atom is 0.318 e. The number of hydrogen-bond donors (Lipinski definition) is 0. The van der Waals surface area contributed by atoms with Gasteiger partial charge in [-0.15, -0.1) is 17.9 Å². The van der Waals surface area contributed by atoms with Gasteiger partial charge < -0.3 is 4.74 Å². The SMILES string of the molecule is C=CCn1c(SC(C)C(=O)OC)nc2scc(-c3ccc(C)cc3)c2c1=O. The summed E-state index contributed by atoms with van der Waals surface area (Å²) in [7, 11) is 1.35. The van der Waals surface area contributed by atoms with Crippen molar-refractivity contribution >= 4 is 39.3 Å². The van der Waals surface area contributed by atoms with E-state index in [2.05, 4.69) is 11.6 Å². The van der Waals surface area contributed by atoms with Crippen molar-refractivity contribution < 1.29 is 9.53 Å². The number of carbonyl (C=O) groups is 1. The smallest absolute Gasteiger partial charge is 0.318 e. The first kappa shape index (κ1) is 19.4. The molecule has 0 radical (unpaired) electrons. The van der Waals surface area contributed by atoms with Crippen molar-refractivity contribution in [3.05, 3.63) is 58.2 Å². The van der Waals surface area contributed by atoms with Gasteiger partial charge >= 0.3 is 5.97 Å². The number of nitrogens with zero attached hydrogens (tertiary/aromatic N) is 2. The molecule has 0 bridgehead atoms. The maximum atomic E-state index is 13.2. The van der Waals surface area contributed by atoms with Gasteiger partial charge in [0.15, 0.2) is 5.16 Å². The highest BCUT2D eigenvalue weighted by Crippen LogP contribution is 2.33. The molecule has 1 unspecified atom stereocenters. The zero-order valence-electron chi connectivity index (χ0n) is 15.4. The van der Waals surface area contributed by atoms with Crippen molar-refractivity contribution in [3.8, 4) is 11.1 Å². The van der Waals surface area contributed by atoms with Crippen LogP contribution < -0.4 is 5.56 Å². The first-order valence-corrected chi connectivity index (χ1v) is 10.2. The second kappa shape index (κ2) is 8.10. The van der Waals surface area contributed by atoms with Crippen LogP contribution >= 0.6 is 23.1 Å². The average Bonchev–Trinajstić information content (AvgIpc) is 3.08. The average molecular weight is 401 g/mol. The Labute approximate surface area is 165 Å². The predicted molar refractivity (Wildman–Crippen MR) is 112 cm³/mol. The highest BCUT2D eigenvalue weighted by molar-refractivity contribution is 8.00. The van der Waals surface area contributed by atoms with Gasteiger partial charge in [-0.3, -0.25) is 14.2 Å². The van der Waals surface area contributed by atoms with Gasteiger partial charge in [0.05, 0.1) is 12.5 Å². The summed E-state index contributed by atoms with van der Waals surface area (Å²) in [6, 6.07) is 8.07. The molecule has 0 aliphatic rings. The Balaban J connectivity index is 2.16. The molecule has 0 N–H and O–H groups in total. The van der Waals surface area contributed by atoms with E-state index >= 15 is 0 Å². The van der Waals surface area contributed by atoms with Crippen LogP contribution in [0, 0.1) is 6.92 Å². The largest absolute Gasteiger partial charge is 0.468 e. The number of fused-ring (bicyclic) bond motifs is 1. The highest BCUT2D eigenvalue weighted by Gasteiger charge is 2.21. The summed E-state index contributed by atoms with van der Waals surface area (Å²) in [4.78, 5) is 30.3. The van der Waals surface area contributed by atoms with E-state index in [1.165, 1.54) is 30.2 Å². The van der Waals surface area contributed by atoms with Gasteiger partial charge in [-0.1, -0.05) is 47.7 Å². The quantitative estimate of drug-likeness (QED) is 0.268. The molecule has 2 heterocycles. The third-order valence-electron chi connectivity index (χ3n) is 4.15. The Hall–Kier alpha value is -2.38. The molecule has 0 saturated carbocycles. The molecule has 3 rings (SSSR count). The van der Waals surface area contributed by atoms with Crippen LogP contribution in [0.4, 0.5) is 0 Å². The Kier molecular flexibility index (Phi) is 5.82. The molecule has 0 saturated heterocycles. The minimum Gasteiger partial charge on any atom is -0.468 e. The van der Waals surface area contributed by atoms with Crippen molar-refractivity contribution in [2.75, 3.05) is 7.11 Å². The maximum absolute atomic E-state index is 13.2. The predicted octanol–water partition coefficient (Wildman–Crippen LogP) is 4.27. The summed E-state index contributed by atoms with van der Waals surface area (Å²) in [5.41, 5.74) is 2.90. The molecule has 0 spiro atoms. The summed E-state index contributed by atoms with van der Waals surface area (Å²) < 4.78 is 6.34. The topological polar surface area (TPSA) is 61.2 Å². The number of esters is 1. The van der Waals surface area contributed by atoms with Crippen LogP contribution in [0.2, 0.25) is 0 Å². The fraction of sp³-hybridized carbons (Fsp3) is 0.250.